The summed E-state index contributed by atoms with van der Waals surface area (Å²) in [5.74, 6) is -0.0894. The van der Waals surface area contributed by atoms with Crippen molar-refractivity contribution in [1.82, 2.24) is 4.90 Å². The predicted molar refractivity (Wildman–Crippen MR) is 72.1 cm³/mol. The molecule has 1 aromatic carbocycles. The first-order chi connectivity index (χ1) is 9.06. The highest BCUT2D eigenvalue weighted by molar-refractivity contribution is 5.91. The Kier molecular flexibility index (Phi) is 4.04. The maximum atomic E-state index is 11.8. The highest BCUT2D eigenvalue weighted by Crippen LogP contribution is 2.16. The van der Waals surface area contributed by atoms with E-state index in [1.165, 1.54) is 0 Å². The average molecular weight is 262 g/mol. The number of carbonyl (C=O) groups excluding carboxylic acids is 2. The molecule has 1 N–H and O–H groups in total. The maximum absolute atomic E-state index is 11.8. The molecule has 1 aliphatic rings. The zero-order valence-electron chi connectivity index (χ0n) is 11.2. The van der Waals surface area contributed by atoms with Crippen molar-refractivity contribution in [2.45, 2.75) is 20.3 Å². The van der Waals surface area contributed by atoms with Crippen LogP contribution < -0.4 is 5.32 Å². The number of nitrogens with zero attached hydrogens (tertiary/aromatic N) is 1. The third-order valence-electron chi connectivity index (χ3n) is 3.12. The van der Waals surface area contributed by atoms with Crippen LogP contribution in [0.15, 0.2) is 18.2 Å². The molecule has 1 fully saturated rings. The van der Waals surface area contributed by atoms with Crippen LogP contribution in [0.1, 0.15) is 17.5 Å². The zero-order valence-corrected chi connectivity index (χ0v) is 11.2. The first-order valence-electron chi connectivity index (χ1n) is 6.35. The van der Waals surface area contributed by atoms with E-state index in [9.17, 15) is 9.59 Å². The Morgan fingerprint density at radius 1 is 1.42 bits per heavy atom. The topological polar surface area (TPSA) is 58.6 Å². The summed E-state index contributed by atoms with van der Waals surface area (Å²) in [5.41, 5.74) is 2.96. The van der Waals surface area contributed by atoms with Crippen molar-refractivity contribution in [2.75, 3.05) is 25.0 Å². The minimum atomic E-state index is -0.334. The van der Waals surface area contributed by atoms with E-state index in [0.29, 0.717) is 19.7 Å². The lowest BCUT2D eigenvalue weighted by Gasteiger charge is -2.13. The van der Waals surface area contributed by atoms with E-state index in [-0.39, 0.29) is 18.4 Å². The Hall–Kier alpha value is -2.04. The zero-order chi connectivity index (χ0) is 13.8. The molecule has 0 radical (unpaired) electrons. The highest BCUT2D eigenvalue weighted by Gasteiger charge is 2.22. The molecule has 0 atom stereocenters. The van der Waals surface area contributed by atoms with Crippen LogP contribution in [0.3, 0.4) is 0 Å². The van der Waals surface area contributed by atoms with Gasteiger partial charge >= 0.3 is 6.09 Å². The summed E-state index contributed by atoms with van der Waals surface area (Å²) in [6.45, 7) is 5.31. The summed E-state index contributed by atoms with van der Waals surface area (Å²) >= 11 is 0. The second kappa shape index (κ2) is 5.73. The van der Waals surface area contributed by atoms with Crippen LogP contribution >= 0.6 is 0 Å². The van der Waals surface area contributed by atoms with E-state index in [2.05, 4.69) is 5.32 Å². The molecule has 1 aliphatic heterocycles. The molecule has 0 spiro atoms. The molecule has 0 unspecified atom stereocenters. The predicted octanol–water partition coefficient (Wildman–Crippen LogP) is 2.08. The van der Waals surface area contributed by atoms with E-state index in [4.69, 9.17) is 4.74 Å². The average Bonchev–Trinajstić information content (AvgIpc) is 2.77. The van der Waals surface area contributed by atoms with Gasteiger partial charge in [-0.1, -0.05) is 12.1 Å². The molecule has 1 saturated heterocycles. The molecule has 1 aromatic rings. The van der Waals surface area contributed by atoms with Gasteiger partial charge in [-0.15, -0.1) is 0 Å². The van der Waals surface area contributed by atoms with Crippen molar-refractivity contribution in [2.24, 2.45) is 0 Å². The number of hydrogen-bond donors (Lipinski definition) is 1. The van der Waals surface area contributed by atoms with Crippen molar-refractivity contribution in [1.29, 1.82) is 0 Å². The summed E-state index contributed by atoms with van der Waals surface area (Å²) in [6, 6.07) is 5.92. The molecule has 2 rings (SSSR count). The number of hydrogen-bond acceptors (Lipinski definition) is 3. The molecule has 1 heterocycles. The van der Waals surface area contributed by atoms with E-state index in [0.717, 1.165) is 16.8 Å². The Morgan fingerprint density at radius 2 is 2.21 bits per heavy atom. The normalized spacial score (nSPS) is 14.4. The molecular formula is C14H18N2O3. The summed E-state index contributed by atoms with van der Waals surface area (Å²) in [7, 11) is 0. The Morgan fingerprint density at radius 3 is 2.89 bits per heavy atom. The maximum Gasteiger partial charge on any atom is 0.409 e. The molecule has 5 heteroatoms. The smallest absolute Gasteiger partial charge is 0.409 e. The van der Waals surface area contributed by atoms with Crippen molar-refractivity contribution >= 4 is 17.7 Å². The fraction of sp³-hybridized carbons (Fsp3) is 0.429. The summed E-state index contributed by atoms with van der Waals surface area (Å²) in [4.78, 5) is 24.6. The lowest BCUT2D eigenvalue weighted by atomic mass is 10.1. The number of ether oxygens (including phenoxy) is 1. The van der Waals surface area contributed by atoms with Crippen molar-refractivity contribution < 1.29 is 14.3 Å². The number of carbonyl (C=O) groups is 2. The third-order valence-corrected chi connectivity index (χ3v) is 3.12. The quantitative estimate of drug-likeness (QED) is 0.903. The number of benzene rings is 1. The van der Waals surface area contributed by atoms with E-state index in [1.54, 1.807) is 4.90 Å². The molecule has 5 nitrogen and oxygen atoms in total. The van der Waals surface area contributed by atoms with Gasteiger partial charge in [-0.3, -0.25) is 4.79 Å². The summed E-state index contributed by atoms with van der Waals surface area (Å²) in [6.07, 6.45) is -0.0535. The number of cyclic esters (lactones) is 1. The molecule has 0 saturated carbocycles. The Balaban J connectivity index is 1.87. The van der Waals surface area contributed by atoms with Gasteiger partial charge in [0.15, 0.2) is 0 Å². The van der Waals surface area contributed by atoms with Crippen LogP contribution in [0.2, 0.25) is 0 Å². The molecule has 102 valence electrons. The van der Waals surface area contributed by atoms with Crippen molar-refractivity contribution in [3.63, 3.8) is 0 Å². The second-order valence-electron chi connectivity index (χ2n) is 4.72. The number of aryl methyl sites for hydroxylation is 2. The van der Waals surface area contributed by atoms with Crippen molar-refractivity contribution in [3.8, 4) is 0 Å². The van der Waals surface area contributed by atoms with Crippen LogP contribution in [0, 0.1) is 13.8 Å². The number of rotatable bonds is 4. The largest absolute Gasteiger partial charge is 0.448 e. The monoisotopic (exact) mass is 262 g/mol. The van der Waals surface area contributed by atoms with Gasteiger partial charge in [0.1, 0.15) is 6.61 Å². The highest BCUT2D eigenvalue weighted by atomic mass is 16.6. The van der Waals surface area contributed by atoms with Crippen LogP contribution in [0.5, 0.6) is 0 Å². The molecule has 2 amide bonds. The van der Waals surface area contributed by atoms with Gasteiger partial charge in [0.2, 0.25) is 5.91 Å². The minimum Gasteiger partial charge on any atom is -0.448 e. The molecule has 0 bridgehead atoms. The van der Waals surface area contributed by atoms with Gasteiger partial charge < -0.3 is 15.0 Å². The van der Waals surface area contributed by atoms with Gasteiger partial charge in [-0.25, -0.2) is 4.79 Å². The van der Waals surface area contributed by atoms with Gasteiger partial charge in [-0.2, -0.15) is 0 Å². The van der Waals surface area contributed by atoms with Crippen LogP contribution in [-0.2, 0) is 9.53 Å². The SMILES string of the molecule is Cc1ccc(C)c(NC(=O)CCN2CCOC2=O)c1. The standard InChI is InChI=1S/C14H18N2O3/c1-10-3-4-11(2)12(9-10)15-13(17)5-6-16-7-8-19-14(16)18/h3-4,9H,5-8H2,1-2H3,(H,15,17). The van der Waals surface area contributed by atoms with Crippen molar-refractivity contribution in [3.05, 3.63) is 29.3 Å². The number of nitrogens with one attached hydrogen (secondary N) is 1. The fourth-order valence-corrected chi connectivity index (χ4v) is 1.95. The molecule has 0 aliphatic carbocycles. The van der Waals surface area contributed by atoms with Crippen LogP contribution in [0.25, 0.3) is 0 Å². The van der Waals surface area contributed by atoms with Crippen LogP contribution in [-0.4, -0.2) is 36.6 Å². The van der Waals surface area contributed by atoms with Gasteiger partial charge in [-0.05, 0) is 31.0 Å². The Bertz CT molecular complexity index is 499. The third kappa shape index (κ3) is 3.47. The lowest BCUT2D eigenvalue weighted by molar-refractivity contribution is -0.116. The minimum absolute atomic E-state index is 0.0894. The molecule has 19 heavy (non-hydrogen) atoms. The molecular weight excluding hydrogens is 244 g/mol. The first kappa shape index (κ1) is 13.4. The van der Waals surface area contributed by atoms with E-state index < -0.39 is 0 Å². The van der Waals surface area contributed by atoms with E-state index in [1.807, 2.05) is 32.0 Å². The number of anilines is 1. The second-order valence-corrected chi connectivity index (χ2v) is 4.72. The van der Waals surface area contributed by atoms with E-state index >= 15 is 0 Å². The van der Waals surface area contributed by atoms with Gasteiger partial charge in [0.05, 0.1) is 6.54 Å². The summed E-state index contributed by atoms with van der Waals surface area (Å²) in [5, 5.41) is 2.87. The lowest BCUT2D eigenvalue weighted by Crippen LogP contribution is -2.28. The van der Waals surface area contributed by atoms with Gasteiger partial charge in [0, 0.05) is 18.7 Å². The molecule has 0 aromatic heterocycles. The van der Waals surface area contributed by atoms with Gasteiger partial charge in [0.25, 0.3) is 0 Å². The van der Waals surface area contributed by atoms with Crippen LogP contribution in [0.4, 0.5) is 10.5 Å². The summed E-state index contributed by atoms with van der Waals surface area (Å²) < 4.78 is 4.81. The number of amides is 2. The Labute approximate surface area is 112 Å². The fourth-order valence-electron chi connectivity index (χ4n) is 1.95. The first-order valence-corrected chi connectivity index (χ1v) is 6.35.